The lowest BCUT2D eigenvalue weighted by molar-refractivity contribution is 0.639. The standard InChI is InChI=1S/C21H21N5OS/c1-2-15-17-20(27)24-18(25-26(17)19(22-15)13-8-6-7-9-13)16-12-28-21(23-16)14-10-4-3-5-11-14/h3-5,10-13H,2,6-9H2,1H3,(H,24,25,27). The van der Waals surface area contributed by atoms with Gasteiger partial charge in [0.25, 0.3) is 5.56 Å². The number of imidazole rings is 1. The quantitative estimate of drug-likeness (QED) is 0.558. The lowest BCUT2D eigenvalue weighted by Crippen LogP contribution is -2.16. The molecule has 0 bridgehead atoms. The highest BCUT2D eigenvalue weighted by Gasteiger charge is 2.25. The zero-order valence-electron chi connectivity index (χ0n) is 15.7. The lowest BCUT2D eigenvalue weighted by Gasteiger charge is -2.07. The molecule has 0 radical (unpaired) electrons. The molecule has 0 spiro atoms. The van der Waals surface area contributed by atoms with Gasteiger partial charge in [-0.2, -0.15) is 0 Å². The number of benzene rings is 1. The summed E-state index contributed by atoms with van der Waals surface area (Å²) < 4.78 is 1.78. The molecule has 1 saturated carbocycles. The first-order valence-electron chi connectivity index (χ1n) is 9.77. The molecule has 5 rings (SSSR count). The number of hydrogen-bond donors (Lipinski definition) is 1. The first kappa shape index (κ1) is 17.3. The second-order valence-corrected chi connectivity index (χ2v) is 8.08. The van der Waals surface area contributed by atoms with Crippen LogP contribution >= 0.6 is 11.3 Å². The molecular weight excluding hydrogens is 370 g/mol. The largest absolute Gasteiger partial charge is 0.302 e. The van der Waals surface area contributed by atoms with E-state index in [0.717, 1.165) is 41.4 Å². The second kappa shape index (κ2) is 6.98. The zero-order chi connectivity index (χ0) is 19.1. The van der Waals surface area contributed by atoms with E-state index in [1.807, 2.05) is 42.6 Å². The molecule has 142 valence electrons. The Balaban J connectivity index is 1.64. The number of aromatic amines is 1. The average Bonchev–Trinajstić information content (AvgIpc) is 3.47. The summed E-state index contributed by atoms with van der Waals surface area (Å²) in [6.07, 6.45) is 5.37. The molecule has 7 heteroatoms. The van der Waals surface area contributed by atoms with Crippen LogP contribution in [0.5, 0.6) is 0 Å². The van der Waals surface area contributed by atoms with Crippen molar-refractivity contribution in [2.24, 2.45) is 0 Å². The maximum atomic E-state index is 12.9. The Hall–Kier alpha value is -2.80. The smallest absolute Gasteiger partial charge is 0.277 e. The summed E-state index contributed by atoms with van der Waals surface area (Å²) >= 11 is 1.55. The SMILES string of the molecule is CCc1nc(C2CCCC2)n2nc(-c3csc(-c4ccccc4)n3)[nH]c(=O)c12. The van der Waals surface area contributed by atoms with Crippen molar-refractivity contribution in [3.63, 3.8) is 0 Å². The van der Waals surface area contributed by atoms with Gasteiger partial charge in [-0.3, -0.25) is 4.79 Å². The first-order valence-corrected chi connectivity index (χ1v) is 10.7. The number of aryl methyl sites for hydroxylation is 1. The van der Waals surface area contributed by atoms with Crippen molar-refractivity contribution in [1.29, 1.82) is 0 Å². The molecular formula is C21H21N5OS. The fraction of sp³-hybridized carbons (Fsp3) is 0.333. The topological polar surface area (TPSA) is 75.9 Å². The number of nitrogens with zero attached hydrogens (tertiary/aromatic N) is 4. The summed E-state index contributed by atoms with van der Waals surface area (Å²) in [6.45, 7) is 2.03. The van der Waals surface area contributed by atoms with Gasteiger partial charge in [0.15, 0.2) is 11.3 Å². The van der Waals surface area contributed by atoms with Gasteiger partial charge in [-0.05, 0) is 19.3 Å². The van der Waals surface area contributed by atoms with Crippen LogP contribution in [-0.2, 0) is 6.42 Å². The minimum absolute atomic E-state index is 0.146. The molecule has 4 aromatic rings. The summed E-state index contributed by atoms with van der Waals surface area (Å²) in [7, 11) is 0. The van der Waals surface area contributed by atoms with Gasteiger partial charge in [-0.15, -0.1) is 16.4 Å². The fourth-order valence-corrected chi connectivity index (χ4v) is 4.81. The minimum Gasteiger partial charge on any atom is -0.302 e. The maximum Gasteiger partial charge on any atom is 0.277 e. The highest BCUT2D eigenvalue weighted by molar-refractivity contribution is 7.13. The molecule has 0 unspecified atom stereocenters. The number of aromatic nitrogens is 5. The van der Waals surface area contributed by atoms with Gasteiger partial charge in [0.1, 0.15) is 16.5 Å². The number of fused-ring (bicyclic) bond motifs is 1. The van der Waals surface area contributed by atoms with E-state index in [9.17, 15) is 4.79 Å². The summed E-state index contributed by atoms with van der Waals surface area (Å²) in [6, 6.07) is 10.0. The van der Waals surface area contributed by atoms with Gasteiger partial charge in [0.2, 0.25) is 0 Å². The Labute approximate surface area is 166 Å². The van der Waals surface area contributed by atoms with Gasteiger partial charge in [0.05, 0.1) is 5.69 Å². The number of H-pyrrole nitrogens is 1. The van der Waals surface area contributed by atoms with E-state index < -0.39 is 0 Å². The third-order valence-electron chi connectivity index (χ3n) is 5.42. The molecule has 1 fully saturated rings. The summed E-state index contributed by atoms with van der Waals surface area (Å²) in [4.78, 5) is 25.3. The van der Waals surface area contributed by atoms with Crippen LogP contribution in [0.3, 0.4) is 0 Å². The van der Waals surface area contributed by atoms with Crippen LogP contribution in [-0.4, -0.2) is 24.6 Å². The molecule has 1 aromatic carbocycles. The van der Waals surface area contributed by atoms with E-state index >= 15 is 0 Å². The molecule has 0 saturated heterocycles. The van der Waals surface area contributed by atoms with Crippen LogP contribution in [0.15, 0.2) is 40.5 Å². The predicted octanol–water partition coefficient (Wildman–Crippen LogP) is 4.43. The predicted molar refractivity (Wildman–Crippen MR) is 111 cm³/mol. The van der Waals surface area contributed by atoms with E-state index in [1.165, 1.54) is 12.8 Å². The molecule has 28 heavy (non-hydrogen) atoms. The molecule has 3 heterocycles. The minimum atomic E-state index is -0.146. The first-order chi connectivity index (χ1) is 13.7. The van der Waals surface area contributed by atoms with Crippen LogP contribution in [0.1, 0.15) is 50.0 Å². The van der Waals surface area contributed by atoms with E-state index in [1.54, 1.807) is 15.9 Å². The summed E-state index contributed by atoms with van der Waals surface area (Å²) in [5, 5.41) is 7.62. The Morgan fingerprint density at radius 3 is 2.71 bits per heavy atom. The van der Waals surface area contributed by atoms with Gasteiger partial charge in [0, 0.05) is 16.9 Å². The highest BCUT2D eigenvalue weighted by Crippen LogP contribution is 2.34. The Kier molecular flexibility index (Phi) is 4.31. The third kappa shape index (κ3) is 2.86. The van der Waals surface area contributed by atoms with E-state index in [0.29, 0.717) is 23.0 Å². The van der Waals surface area contributed by atoms with Crippen molar-refractivity contribution in [1.82, 2.24) is 24.6 Å². The molecule has 0 amide bonds. The van der Waals surface area contributed by atoms with Gasteiger partial charge in [-0.25, -0.2) is 14.5 Å². The zero-order valence-corrected chi connectivity index (χ0v) is 16.5. The molecule has 1 aliphatic carbocycles. The Morgan fingerprint density at radius 2 is 1.96 bits per heavy atom. The molecule has 0 aliphatic heterocycles. The molecule has 1 N–H and O–H groups in total. The van der Waals surface area contributed by atoms with Crippen molar-refractivity contribution >= 4 is 16.9 Å². The van der Waals surface area contributed by atoms with Crippen LogP contribution in [0, 0.1) is 0 Å². The summed E-state index contributed by atoms with van der Waals surface area (Å²) in [5.41, 5.74) is 3.00. The van der Waals surface area contributed by atoms with Gasteiger partial charge >= 0.3 is 0 Å². The second-order valence-electron chi connectivity index (χ2n) is 7.22. The maximum absolute atomic E-state index is 12.9. The third-order valence-corrected chi connectivity index (χ3v) is 6.31. The van der Waals surface area contributed by atoms with Crippen molar-refractivity contribution < 1.29 is 0 Å². The monoisotopic (exact) mass is 391 g/mol. The van der Waals surface area contributed by atoms with Crippen molar-refractivity contribution in [2.45, 2.75) is 44.9 Å². The molecule has 3 aromatic heterocycles. The van der Waals surface area contributed by atoms with Crippen LogP contribution < -0.4 is 5.56 Å². The highest BCUT2D eigenvalue weighted by atomic mass is 32.1. The Morgan fingerprint density at radius 1 is 1.18 bits per heavy atom. The number of hydrogen-bond acceptors (Lipinski definition) is 5. The van der Waals surface area contributed by atoms with Crippen molar-refractivity contribution in [2.75, 3.05) is 0 Å². The van der Waals surface area contributed by atoms with Crippen LogP contribution in [0.4, 0.5) is 0 Å². The summed E-state index contributed by atoms with van der Waals surface area (Å²) in [5.74, 6) is 1.80. The normalized spacial score (nSPS) is 14.9. The molecule has 1 aliphatic rings. The number of rotatable bonds is 4. The average molecular weight is 392 g/mol. The van der Waals surface area contributed by atoms with Crippen molar-refractivity contribution in [3.8, 4) is 22.1 Å². The fourth-order valence-electron chi connectivity index (χ4n) is 4.00. The number of nitrogens with one attached hydrogen (secondary N) is 1. The van der Waals surface area contributed by atoms with Crippen LogP contribution in [0.2, 0.25) is 0 Å². The molecule has 0 atom stereocenters. The van der Waals surface area contributed by atoms with Crippen LogP contribution in [0.25, 0.3) is 27.6 Å². The Bertz CT molecular complexity index is 1180. The lowest BCUT2D eigenvalue weighted by atomic mass is 10.1. The van der Waals surface area contributed by atoms with E-state index in [4.69, 9.17) is 15.1 Å². The van der Waals surface area contributed by atoms with E-state index in [-0.39, 0.29) is 5.56 Å². The number of thiazole rings is 1. The molecule has 6 nitrogen and oxygen atoms in total. The van der Waals surface area contributed by atoms with Gasteiger partial charge in [-0.1, -0.05) is 50.1 Å². The van der Waals surface area contributed by atoms with Gasteiger partial charge < -0.3 is 4.98 Å². The van der Waals surface area contributed by atoms with E-state index in [2.05, 4.69) is 4.98 Å². The van der Waals surface area contributed by atoms with Crippen molar-refractivity contribution in [3.05, 3.63) is 57.6 Å².